The van der Waals surface area contributed by atoms with E-state index in [0.29, 0.717) is 0 Å². The monoisotopic (exact) mass is 304 g/mol. The molecule has 2 nitrogen and oxygen atoms in total. The quantitative estimate of drug-likeness (QED) is 0.832. The fourth-order valence-corrected chi connectivity index (χ4v) is 4.31. The van der Waals surface area contributed by atoms with Gasteiger partial charge in [0.25, 0.3) is 0 Å². The van der Waals surface area contributed by atoms with Crippen LogP contribution in [0.25, 0.3) is 0 Å². The molecule has 1 saturated carbocycles. The topological polar surface area (TPSA) is 15.3 Å². The summed E-state index contributed by atoms with van der Waals surface area (Å²) in [5.74, 6) is 1.30. The number of nitrogens with one attached hydrogen (secondary N) is 1. The summed E-state index contributed by atoms with van der Waals surface area (Å²) in [6, 6.07) is 9.86. The molecule has 2 aliphatic rings. The predicted octanol–water partition coefficient (Wildman–Crippen LogP) is 3.31. The van der Waals surface area contributed by atoms with Gasteiger partial charge in [-0.25, -0.2) is 0 Å². The second-order valence-corrected chi connectivity index (χ2v) is 7.79. The van der Waals surface area contributed by atoms with Crippen LogP contribution in [0.1, 0.15) is 37.3 Å². The highest BCUT2D eigenvalue weighted by atomic mass is 32.2. The first-order valence-electron chi connectivity index (χ1n) is 8.49. The number of nitrogens with zero attached hydrogens (tertiary/aromatic N) is 1. The summed E-state index contributed by atoms with van der Waals surface area (Å²) in [5, 5.41) is 4.47. The number of thioether (sulfide) groups is 1. The average Bonchev–Trinajstić information content (AvgIpc) is 3.33. The van der Waals surface area contributed by atoms with E-state index >= 15 is 0 Å². The zero-order valence-electron chi connectivity index (χ0n) is 13.2. The number of rotatable bonds is 7. The fraction of sp³-hybridized carbons (Fsp3) is 0.667. The molecule has 1 atom stereocenters. The minimum atomic E-state index is 0.821. The first kappa shape index (κ1) is 15.4. The van der Waals surface area contributed by atoms with E-state index in [4.69, 9.17) is 0 Å². The molecule has 1 aromatic rings. The lowest BCUT2D eigenvalue weighted by Crippen LogP contribution is -2.37. The molecule has 21 heavy (non-hydrogen) atoms. The smallest absolute Gasteiger partial charge is 0.0237 e. The largest absolute Gasteiger partial charge is 0.314 e. The summed E-state index contributed by atoms with van der Waals surface area (Å²) in [7, 11) is 0. The summed E-state index contributed by atoms with van der Waals surface area (Å²) in [4.78, 5) is 2.65. The van der Waals surface area contributed by atoms with E-state index in [2.05, 4.69) is 53.2 Å². The zero-order valence-corrected chi connectivity index (χ0v) is 14.0. The van der Waals surface area contributed by atoms with Crippen molar-refractivity contribution in [1.82, 2.24) is 10.2 Å². The number of benzene rings is 1. The molecule has 0 amide bonds. The van der Waals surface area contributed by atoms with Gasteiger partial charge >= 0.3 is 0 Å². The Balaban J connectivity index is 1.55. The Hall–Kier alpha value is -0.510. The standard InChI is InChI=1S/C18H28N2S/c1-2-18-14-20(11-12-21-18)13-16-6-4-3-5-15(16)9-10-19-17-7-8-17/h3-6,17-19H,2,7-14H2,1H3. The second-order valence-electron chi connectivity index (χ2n) is 6.38. The van der Waals surface area contributed by atoms with Gasteiger partial charge in [0.2, 0.25) is 0 Å². The molecule has 1 aliphatic heterocycles. The highest BCUT2D eigenvalue weighted by Gasteiger charge is 2.21. The normalized spacial score (nSPS) is 23.4. The Morgan fingerprint density at radius 3 is 2.81 bits per heavy atom. The van der Waals surface area contributed by atoms with Crippen molar-refractivity contribution in [3.63, 3.8) is 0 Å². The molecule has 1 aliphatic carbocycles. The minimum Gasteiger partial charge on any atom is -0.314 e. The molecule has 1 saturated heterocycles. The van der Waals surface area contributed by atoms with Gasteiger partial charge in [0.05, 0.1) is 0 Å². The molecular weight excluding hydrogens is 276 g/mol. The van der Waals surface area contributed by atoms with Crippen LogP contribution in [-0.2, 0) is 13.0 Å². The van der Waals surface area contributed by atoms with E-state index in [1.54, 1.807) is 0 Å². The Bertz CT molecular complexity index is 445. The van der Waals surface area contributed by atoms with E-state index in [1.165, 1.54) is 55.7 Å². The molecule has 116 valence electrons. The van der Waals surface area contributed by atoms with Crippen molar-refractivity contribution in [3.05, 3.63) is 35.4 Å². The average molecular weight is 305 g/mol. The maximum Gasteiger partial charge on any atom is 0.0237 e. The van der Waals surface area contributed by atoms with Crippen LogP contribution in [0, 0.1) is 0 Å². The molecule has 3 heteroatoms. The van der Waals surface area contributed by atoms with E-state index < -0.39 is 0 Å². The predicted molar refractivity (Wildman–Crippen MR) is 93.0 cm³/mol. The summed E-state index contributed by atoms with van der Waals surface area (Å²) in [6.07, 6.45) is 5.23. The molecule has 1 aromatic carbocycles. The number of hydrogen-bond donors (Lipinski definition) is 1. The molecule has 2 fully saturated rings. The van der Waals surface area contributed by atoms with Gasteiger partial charge in [0.15, 0.2) is 0 Å². The number of hydrogen-bond acceptors (Lipinski definition) is 3. The van der Waals surface area contributed by atoms with Crippen molar-refractivity contribution in [2.75, 3.05) is 25.4 Å². The van der Waals surface area contributed by atoms with Crippen molar-refractivity contribution < 1.29 is 0 Å². The third-order valence-corrected chi connectivity index (χ3v) is 5.97. The van der Waals surface area contributed by atoms with Crippen LogP contribution < -0.4 is 5.32 Å². The summed E-state index contributed by atoms with van der Waals surface area (Å²) >= 11 is 2.15. The van der Waals surface area contributed by atoms with E-state index in [1.807, 2.05) is 0 Å². The van der Waals surface area contributed by atoms with Crippen molar-refractivity contribution in [2.45, 2.75) is 50.4 Å². The van der Waals surface area contributed by atoms with Gasteiger partial charge in [0.1, 0.15) is 0 Å². The lowest BCUT2D eigenvalue weighted by molar-refractivity contribution is 0.272. The molecule has 0 spiro atoms. The van der Waals surface area contributed by atoms with Crippen molar-refractivity contribution in [1.29, 1.82) is 0 Å². The van der Waals surface area contributed by atoms with E-state index in [0.717, 1.165) is 24.4 Å². The Morgan fingerprint density at radius 2 is 2.05 bits per heavy atom. The molecule has 0 radical (unpaired) electrons. The summed E-state index contributed by atoms with van der Waals surface area (Å²) < 4.78 is 0. The van der Waals surface area contributed by atoms with Gasteiger partial charge in [-0.2, -0.15) is 11.8 Å². The van der Waals surface area contributed by atoms with Gasteiger partial charge in [-0.3, -0.25) is 4.90 Å². The fourth-order valence-electron chi connectivity index (χ4n) is 3.07. The van der Waals surface area contributed by atoms with E-state index in [9.17, 15) is 0 Å². The lowest BCUT2D eigenvalue weighted by atomic mass is 10.0. The minimum absolute atomic E-state index is 0.821. The maximum absolute atomic E-state index is 3.64. The first-order chi connectivity index (χ1) is 10.3. The highest BCUT2D eigenvalue weighted by molar-refractivity contribution is 8.00. The third-order valence-electron chi connectivity index (χ3n) is 4.60. The third kappa shape index (κ3) is 4.73. The molecule has 3 rings (SSSR count). The molecule has 0 bridgehead atoms. The van der Waals surface area contributed by atoms with Crippen LogP contribution in [-0.4, -0.2) is 41.6 Å². The van der Waals surface area contributed by atoms with Crippen LogP contribution in [0.15, 0.2) is 24.3 Å². The van der Waals surface area contributed by atoms with Crippen molar-refractivity contribution in [2.24, 2.45) is 0 Å². The van der Waals surface area contributed by atoms with Gasteiger partial charge < -0.3 is 5.32 Å². The Morgan fingerprint density at radius 1 is 1.24 bits per heavy atom. The summed E-state index contributed by atoms with van der Waals surface area (Å²) in [5.41, 5.74) is 3.08. The molecule has 1 heterocycles. The van der Waals surface area contributed by atoms with Gasteiger partial charge in [-0.05, 0) is 43.4 Å². The molecule has 0 aromatic heterocycles. The Kier molecular flexibility index (Phi) is 5.61. The first-order valence-corrected chi connectivity index (χ1v) is 9.54. The second kappa shape index (κ2) is 7.66. The van der Waals surface area contributed by atoms with Crippen molar-refractivity contribution in [3.8, 4) is 0 Å². The van der Waals surface area contributed by atoms with Crippen LogP contribution in [0.4, 0.5) is 0 Å². The molecule has 1 N–H and O–H groups in total. The van der Waals surface area contributed by atoms with Gasteiger partial charge in [-0.15, -0.1) is 0 Å². The maximum atomic E-state index is 3.64. The van der Waals surface area contributed by atoms with Gasteiger partial charge in [-0.1, -0.05) is 31.2 Å². The van der Waals surface area contributed by atoms with Crippen LogP contribution >= 0.6 is 11.8 Å². The lowest BCUT2D eigenvalue weighted by Gasteiger charge is -2.32. The van der Waals surface area contributed by atoms with Crippen molar-refractivity contribution >= 4 is 11.8 Å². The zero-order chi connectivity index (χ0) is 14.5. The van der Waals surface area contributed by atoms with E-state index in [-0.39, 0.29) is 0 Å². The molecule has 1 unspecified atom stereocenters. The highest BCUT2D eigenvalue weighted by Crippen LogP contribution is 2.23. The van der Waals surface area contributed by atoms with Crippen LogP contribution in [0.5, 0.6) is 0 Å². The Labute approximate surface area is 133 Å². The van der Waals surface area contributed by atoms with Gasteiger partial charge in [0, 0.05) is 36.7 Å². The van der Waals surface area contributed by atoms with Crippen LogP contribution in [0.3, 0.4) is 0 Å². The van der Waals surface area contributed by atoms with Crippen LogP contribution in [0.2, 0.25) is 0 Å². The summed E-state index contributed by atoms with van der Waals surface area (Å²) in [6.45, 7) is 7.09. The molecular formula is C18H28N2S. The SMILES string of the molecule is CCC1CN(Cc2ccccc2CCNC2CC2)CCS1.